The number of hydrogen-bond acceptors (Lipinski definition) is 5. The Morgan fingerprint density at radius 2 is 2.25 bits per heavy atom. The lowest BCUT2D eigenvalue weighted by Crippen LogP contribution is -2.09. The third-order valence-corrected chi connectivity index (χ3v) is 3.39. The molecule has 0 fully saturated rings. The minimum atomic E-state index is 0.489. The highest BCUT2D eigenvalue weighted by Gasteiger charge is 2.17. The molecule has 0 saturated heterocycles. The van der Waals surface area contributed by atoms with E-state index in [1.54, 1.807) is 0 Å². The van der Waals surface area contributed by atoms with Crippen molar-refractivity contribution in [2.75, 3.05) is 12.3 Å². The van der Waals surface area contributed by atoms with E-state index < -0.39 is 0 Å². The maximum absolute atomic E-state index is 5.72. The molecule has 0 spiro atoms. The molecule has 0 bridgehead atoms. The second-order valence-corrected chi connectivity index (χ2v) is 4.70. The van der Waals surface area contributed by atoms with E-state index in [0.29, 0.717) is 5.13 Å². The second-order valence-electron chi connectivity index (χ2n) is 3.69. The average Bonchev–Trinajstić information content (AvgIpc) is 2.75. The van der Waals surface area contributed by atoms with Crippen LogP contribution in [-0.2, 0) is 6.42 Å². The molecule has 2 aromatic rings. The molecule has 0 radical (unpaired) electrons. The number of nitrogen functional groups attached to an aromatic ring is 1. The minimum Gasteiger partial charge on any atom is -0.493 e. The van der Waals surface area contributed by atoms with E-state index in [9.17, 15) is 0 Å². The van der Waals surface area contributed by atoms with Crippen LogP contribution in [0.1, 0.15) is 12.0 Å². The van der Waals surface area contributed by atoms with Crippen LogP contribution in [0.5, 0.6) is 5.75 Å². The summed E-state index contributed by atoms with van der Waals surface area (Å²) in [6.45, 7) is 0.776. The summed E-state index contributed by atoms with van der Waals surface area (Å²) in [4.78, 5) is 0. The molecule has 0 atom stereocenters. The number of aromatic nitrogens is 2. The SMILES string of the molecule is Nc1nnc(-c2cccc3c2OCCC3)s1. The van der Waals surface area contributed by atoms with Gasteiger partial charge in [0, 0.05) is 0 Å². The molecular formula is C11H11N3OS. The van der Waals surface area contributed by atoms with E-state index in [1.165, 1.54) is 16.9 Å². The maximum Gasteiger partial charge on any atom is 0.203 e. The summed E-state index contributed by atoms with van der Waals surface area (Å²) < 4.78 is 5.72. The highest BCUT2D eigenvalue weighted by atomic mass is 32.1. The van der Waals surface area contributed by atoms with Gasteiger partial charge in [0.2, 0.25) is 5.13 Å². The van der Waals surface area contributed by atoms with Gasteiger partial charge in [-0.15, -0.1) is 10.2 Å². The molecule has 1 aliphatic heterocycles. The number of benzene rings is 1. The molecule has 1 aromatic carbocycles. The van der Waals surface area contributed by atoms with Gasteiger partial charge < -0.3 is 10.5 Å². The number of para-hydroxylation sites is 1. The fourth-order valence-corrected chi connectivity index (χ4v) is 2.53. The standard InChI is InChI=1S/C11H11N3OS/c12-11-14-13-10(16-11)8-5-1-3-7-4-2-6-15-9(7)8/h1,3,5H,2,4,6H2,(H2,12,14). The van der Waals surface area contributed by atoms with Crippen molar-refractivity contribution < 1.29 is 4.74 Å². The summed E-state index contributed by atoms with van der Waals surface area (Å²) in [5, 5.41) is 9.21. The molecular weight excluding hydrogens is 222 g/mol. The summed E-state index contributed by atoms with van der Waals surface area (Å²) in [6.07, 6.45) is 2.15. The fourth-order valence-electron chi connectivity index (χ4n) is 1.90. The van der Waals surface area contributed by atoms with Gasteiger partial charge in [0.05, 0.1) is 12.2 Å². The Labute approximate surface area is 97.1 Å². The topological polar surface area (TPSA) is 61.0 Å². The van der Waals surface area contributed by atoms with Gasteiger partial charge >= 0.3 is 0 Å². The van der Waals surface area contributed by atoms with E-state index in [1.807, 2.05) is 12.1 Å². The number of nitrogens with zero attached hydrogens (tertiary/aromatic N) is 2. The first-order valence-electron chi connectivity index (χ1n) is 5.18. The number of anilines is 1. The Morgan fingerprint density at radius 3 is 3.06 bits per heavy atom. The number of rotatable bonds is 1. The quantitative estimate of drug-likeness (QED) is 0.819. The zero-order valence-corrected chi connectivity index (χ0v) is 9.46. The highest BCUT2D eigenvalue weighted by molar-refractivity contribution is 7.18. The van der Waals surface area contributed by atoms with Crippen LogP contribution >= 0.6 is 11.3 Å². The average molecular weight is 233 g/mol. The predicted octanol–water partition coefficient (Wildman–Crippen LogP) is 2.11. The van der Waals surface area contributed by atoms with Crippen LogP contribution in [0.15, 0.2) is 18.2 Å². The van der Waals surface area contributed by atoms with Crippen LogP contribution in [0.25, 0.3) is 10.6 Å². The summed E-state index contributed by atoms with van der Waals surface area (Å²) in [6, 6.07) is 6.13. The lowest BCUT2D eigenvalue weighted by atomic mass is 10.0. The van der Waals surface area contributed by atoms with Crippen molar-refractivity contribution in [2.45, 2.75) is 12.8 Å². The van der Waals surface area contributed by atoms with Crippen molar-refractivity contribution in [2.24, 2.45) is 0 Å². The van der Waals surface area contributed by atoms with Crippen molar-refractivity contribution in [3.63, 3.8) is 0 Å². The number of nitrogens with two attached hydrogens (primary N) is 1. The number of fused-ring (bicyclic) bond motifs is 1. The normalized spacial score (nSPS) is 14.2. The molecule has 0 saturated carbocycles. The summed E-state index contributed by atoms with van der Waals surface area (Å²) in [7, 11) is 0. The van der Waals surface area contributed by atoms with E-state index >= 15 is 0 Å². The molecule has 1 aliphatic rings. The van der Waals surface area contributed by atoms with E-state index in [4.69, 9.17) is 10.5 Å². The van der Waals surface area contributed by atoms with Gasteiger partial charge in [-0.1, -0.05) is 23.5 Å². The van der Waals surface area contributed by atoms with Crippen LogP contribution in [0.4, 0.5) is 5.13 Å². The van der Waals surface area contributed by atoms with Crippen LogP contribution in [0.3, 0.4) is 0 Å². The molecule has 2 heterocycles. The van der Waals surface area contributed by atoms with Crippen molar-refractivity contribution in [3.05, 3.63) is 23.8 Å². The number of hydrogen-bond donors (Lipinski definition) is 1. The Balaban J connectivity index is 2.13. The third-order valence-electron chi connectivity index (χ3n) is 2.60. The van der Waals surface area contributed by atoms with Gasteiger partial charge in [0.25, 0.3) is 0 Å². The van der Waals surface area contributed by atoms with Gasteiger partial charge in [-0.05, 0) is 24.5 Å². The number of ether oxygens (including phenoxy) is 1. The maximum atomic E-state index is 5.72. The van der Waals surface area contributed by atoms with Crippen molar-refractivity contribution in [1.29, 1.82) is 0 Å². The molecule has 0 aliphatic carbocycles. The molecule has 82 valence electrons. The zero-order chi connectivity index (χ0) is 11.0. The first kappa shape index (κ1) is 9.59. The first-order chi connectivity index (χ1) is 7.84. The molecule has 3 rings (SSSR count). The predicted molar refractivity (Wildman–Crippen MR) is 63.6 cm³/mol. The monoisotopic (exact) mass is 233 g/mol. The Morgan fingerprint density at radius 1 is 1.31 bits per heavy atom. The number of aryl methyl sites for hydroxylation is 1. The fraction of sp³-hybridized carbons (Fsp3) is 0.273. The molecule has 5 heteroatoms. The Bertz CT molecular complexity index is 524. The van der Waals surface area contributed by atoms with Gasteiger partial charge in [0.15, 0.2) is 5.01 Å². The van der Waals surface area contributed by atoms with Crippen molar-refractivity contribution >= 4 is 16.5 Å². The molecule has 1 aromatic heterocycles. The van der Waals surface area contributed by atoms with Crippen LogP contribution < -0.4 is 10.5 Å². The third kappa shape index (κ3) is 1.53. The molecule has 16 heavy (non-hydrogen) atoms. The van der Waals surface area contributed by atoms with Crippen molar-refractivity contribution in [1.82, 2.24) is 10.2 Å². The van der Waals surface area contributed by atoms with Gasteiger partial charge in [-0.2, -0.15) is 0 Å². The van der Waals surface area contributed by atoms with Crippen LogP contribution in [-0.4, -0.2) is 16.8 Å². The smallest absolute Gasteiger partial charge is 0.203 e. The summed E-state index contributed by atoms with van der Waals surface area (Å²) in [5.41, 5.74) is 7.85. The van der Waals surface area contributed by atoms with E-state index in [0.717, 1.165) is 35.8 Å². The molecule has 0 amide bonds. The van der Waals surface area contributed by atoms with Crippen LogP contribution in [0, 0.1) is 0 Å². The van der Waals surface area contributed by atoms with E-state index in [2.05, 4.69) is 16.3 Å². The van der Waals surface area contributed by atoms with Crippen molar-refractivity contribution in [3.8, 4) is 16.3 Å². The lowest BCUT2D eigenvalue weighted by molar-refractivity contribution is 0.289. The second kappa shape index (κ2) is 3.75. The summed E-state index contributed by atoms with van der Waals surface area (Å²) in [5.74, 6) is 0.949. The van der Waals surface area contributed by atoms with Crippen LogP contribution in [0.2, 0.25) is 0 Å². The summed E-state index contributed by atoms with van der Waals surface area (Å²) >= 11 is 1.39. The molecule has 2 N–H and O–H groups in total. The molecule has 4 nitrogen and oxygen atoms in total. The minimum absolute atomic E-state index is 0.489. The van der Waals surface area contributed by atoms with E-state index in [-0.39, 0.29) is 0 Å². The molecule has 0 unspecified atom stereocenters. The lowest BCUT2D eigenvalue weighted by Gasteiger charge is -2.19. The first-order valence-corrected chi connectivity index (χ1v) is 6.00. The Kier molecular flexibility index (Phi) is 2.25. The van der Waals surface area contributed by atoms with Gasteiger partial charge in [0.1, 0.15) is 5.75 Å². The Hall–Kier alpha value is -1.62. The largest absolute Gasteiger partial charge is 0.493 e. The van der Waals surface area contributed by atoms with Gasteiger partial charge in [-0.3, -0.25) is 0 Å². The highest BCUT2D eigenvalue weighted by Crippen LogP contribution is 2.37. The zero-order valence-electron chi connectivity index (χ0n) is 8.64. The van der Waals surface area contributed by atoms with Gasteiger partial charge in [-0.25, -0.2) is 0 Å².